The predicted molar refractivity (Wildman–Crippen MR) is 57.8 cm³/mol. The van der Waals surface area contributed by atoms with Crippen molar-refractivity contribution in [2.45, 2.75) is 6.92 Å². The van der Waals surface area contributed by atoms with Crippen LogP contribution in [0.25, 0.3) is 0 Å². The van der Waals surface area contributed by atoms with E-state index in [1.807, 2.05) is 0 Å². The molecule has 6 nitrogen and oxygen atoms in total. The number of nitrogens with two attached hydrogens (primary N) is 1. The zero-order valence-electron chi connectivity index (χ0n) is 8.36. The Morgan fingerprint density at radius 2 is 2.27 bits per heavy atom. The second kappa shape index (κ2) is 4.61. The van der Waals surface area contributed by atoms with Gasteiger partial charge in [-0.15, -0.1) is 0 Å². The van der Waals surface area contributed by atoms with Crippen molar-refractivity contribution in [2.24, 2.45) is 0 Å². The van der Waals surface area contributed by atoms with Gasteiger partial charge in [-0.2, -0.15) is 0 Å². The zero-order chi connectivity index (χ0) is 11.4. The van der Waals surface area contributed by atoms with Crippen molar-refractivity contribution in [1.29, 1.82) is 0 Å². The number of hydrogen-bond donors (Lipinski definition) is 3. The van der Waals surface area contributed by atoms with Crippen LogP contribution in [0.1, 0.15) is 5.56 Å². The van der Waals surface area contributed by atoms with Crippen LogP contribution in [0.2, 0.25) is 0 Å². The standard InChI is InChI=1S/C9H13N3O3/c1-6-4-7(10)9(11-2-3-13)8(5-6)12(14)15/h4-5,11,13H,2-3,10H2,1H3. The maximum Gasteiger partial charge on any atom is 0.294 e. The van der Waals surface area contributed by atoms with Gasteiger partial charge in [-0.05, 0) is 18.6 Å². The highest BCUT2D eigenvalue weighted by Crippen LogP contribution is 2.31. The zero-order valence-corrected chi connectivity index (χ0v) is 8.36. The molecule has 0 aliphatic rings. The Kier molecular flexibility index (Phi) is 3.46. The molecule has 0 unspecified atom stereocenters. The van der Waals surface area contributed by atoms with Crippen LogP contribution < -0.4 is 11.1 Å². The van der Waals surface area contributed by atoms with Gasteiger partial charge in [0.2, 0.25) is 0 Å². The van der Waals surface area contributed by atoms with Crippen LogP contribution in [0.5, 0.6) is 0 Å². The fourth-order valence-corrected chi connectivity index (χ4v) is 1.31. The molecule has 0 radical (unpaired) electrons. The first-order valence-electron chi connectivity index (χ1n) is 4.45. The lowest BCUT2D eigenvalue weighted by Crippen LogP contribution is -2.09. The topological polar surface area (TPSA) is 101 Å². The molecule has 0 fully saturated rings. The van der Waals surface area contributed by atoms with Gasteiger partial charge in [0, 0.05) is 12.6 Å². The van der Waals surface area contributed by atoms with Crippen LogP contribution in [0.4, 0.5) is 17.1 Å². The summed E-state index contributed by atoms with van der Waals surface area (Å²) in [6.07, 6.45) is 0. The molecule has 0 spiro atoms. The van der Waals surface area contributed by atoms with Crippen LogP contribution >= 0.6 is 0 Å². The van der Waals surface area contributed by atoms with Crippen molar-refractivity contribution in [1.82, 2.24) is 0 Å². The van der Waals surface area contributed by atoms with E-state index in [0.717, 1.165) is 5.56 Å². The van der Waals surface area contributed by atoms with E-state index >= 15 is 0 Å². The molecule has 0 aromatic heterocycles. The third-order valence-electron chi connectivity index (χ3n) is 1.90. The van der Waals surface area contributed by atoms with Gasteiger partial charge in [-0.25, -0.2) is 0 Å². The minimum atomic E-state index is -0.497. The van der Waals surface area contributed by atoms with Gasteiger partial charge < -0.3 is 16.2 Å². The van der Waals surface area contributed by atoms with Gasteiger partial charge in [0.05, 0.1) is 17.2 Å². The van der Waals surface area contributed by atoms with E-state index in [0.29, 0.717) is 5.69 Å². The molecule has 0 atom stereocenters. The van der Waals surface area contributed by atoms with Crippen molar-refractivity contribution in [3.05, 3.63) is 27.8 Å². The lowest BCUT2D eigenvalue weighted by molar-refractivity contribution is -0.383. The van der Waals surface area contributed by atoms with Gasteiger partial charge in [0.15, 0.2) is 0 Å². The number of aliphatic hydroxyl groups is 1. The molecule has 0 aliphatic carbocycles. The van der Waals surface area contributed by atoms with E-state index in [2.05, 4.69) is 5.32 Å². The fraction of sp³-hybridized carbons (Fsp3) is 0.333. The second-order valence-corrected chi connectivity index (χ2v) is 3.16. The summed E-state index contributed by atoms with van der Waals surface area (Å²) in [6.45, 7) is 1.86. The van der Waals surface area contributed by atoms with Crippen LogP contribution in [-0.2, 0) is 0 Å². The maximum absolute atomic E-state index is 10.7. The molecule has 0 saturated carbocycles. The molecule has 4 N–H and O–H groups in total. The average Bonchev–Trinajstić information content (AvgIpc) is 2.15. The van der Waals surface area contributed by atoms with Gasteiger partial charge >= 0.3 is 0 Å². The Morgan fingerprint density at radius 1 is 1.60 bits per heavy atom. The van der Waals surface area contributed by atoms with Crippen molar-refractivity contribution in [3.63, 3.8) is 0 Å². The van der Waals surface area contributed by atoms with E-state index in [1.54, 1.807) is 13.0 Å². The summed E-state index contributed by atoms with van der Waals surface area (Å²) in [7, 11) is 0. The third kappa shape index (κ3) is 2.57. The van der Waals surface area contributed by atoms with Gasteiger partial charge in [0.1, 0.15) is 5.69 Å². The average molecular weight is 211 g/mol. The van der Waals surface area contributed by atoms with E-state index in [9.17, 15) is 10.1 Å². The lowest BCUT2D eigenvalue weighted by Gasteiger charge is -2.09. The molecule has 6 heteroatoms. The summed E-state index contributed by atoms with van der Waals surface area (Å²) in [6, 6.07) is 3.09. The molecule has 0 aliphatic heterocycles. The largest absolute Gasteiger partial charge is 0.397 e. The highest BCUT2D eigenvalue weighted by Gasteiger charge is 2.16. The van der Waals surface area contributed by atoms with E-state index in [-0.39, 0.29) is 24.5 Å². The van der Waals surface area contributed by atoms with Crippen molar-refractivity contribution < 1.29 is 10.0 Å². The number of nitrogens with zero attached hydrogens (tertiary/aromatic N) is 1. The number of nitrogens with one attached hydrogen (secondary N) is 1. The first-order chi connectivity index (χ1) is 7.06. The summed E-state index contributed by atoms with van der Waals surface area (Å²) in [5.41, 5.74) is 6.89. The molecular formula is C9H13N3O3. The van der Waals surface area contributed by atoms with Crippen molar-refractivity contribution in [2.75, 3.05) is 24.2 Å². The SMILES string of the molecule is Cc1cc(N)c(NCCO)c([N+](=O)[O-])c1. The quantitative estimate of drug-likeness (QED) is 0.390. The van der Waals surface area contributed by atoms with Gasteiger partial charge in [-0.3, -0.25) is 10.1 Å². The molecule has 1 aromatic rings. The molecule has 82 valence electrons. The summed E-state index contributed by atoms with van der Waals surface area (Å²) in [5.74, 6) is 0. The van der Waals surface area contributed by atoms with Crippen molar-refractivity contribution in [3.8, 4) is 0 Å². The Hall–Kier alpha value is -1.82. The van der Waals surface area contributed by atoms with Gasteiger partial charge in [0.25, 0.3) is 5.69 Å². The highest BCUT2D eigenvalue weighted by atomic mass is 16.6. The lowest BCUT2D eigenvalue weighted by atomic mass is 10.1. The summed E-state index contributed by atoms with van der Waals surface area (Å²) in [4.78, 5) is 10.2. The number of nitro benzene ring substituents is 1. The number of hydrogen-bond acceptors (Lipinski definition) is 5. The fourth-order valence-electron chi connectivity index (χ4n) is 1.31. The summed E-state index contributed by atoms with van der Waals surface area (Å²) < 4.78 is 0. The van der Waals surface area contributed by atoms with Crippen LogP contribution in [0.15, 0.2) is 12.1 Å². The van der Waals surface area contributed by atoms with E-state index in [4.69, 9.17) is 10.8 Å². The smallest absolute Gasteiger partial charge is 0.294 e. The predicted octanol–water partition coefficient (Wildman–Crippen LogP) is 0.890. The number of nitro groups is 1. The molecule has 1 aromatic carbocycles. The molecule has 0 bridgehead atoms. The molecular weight excluding hydrogens is 198 g/mol. The minimum Gasteiger partial charge on any atom is -0.397 e. The van der Waals surface area contributed by atoms with Crippen LogP contribution in [-0.4, -0.2) is 23.2 Å². The van der Waals surface area contributed by atoms with Gasteiger partial charge in [-0.1, -0.05) is 0 Å². The number of aryl methyl sites for hydroxylation is 1. The minimum absolute atomic E-state index is 0.0686. The van der Waals surface area contributed by atoms with E-state index in [1.165, 1.54) is 6.07 Å². The Labute approximate surface area is 86.9 Å². The number of rotatable bonds is 4. The number of anilines is 2. The van der Waals surface area contributed by atoms with E-state index < -0.39 is 4.92 Å². The molecule has 0 heterocycles. The Morgan fingerprint density at radius 3 is 2.80 bits per heavy atom. The first-order valence-corrected chi connectivity index (χ1v) is 4.45. The third-order valence-corrected chi connectivity index (χ3v) is 1.90. The summed E-state index contributed by atoms with van der Waals surface area (Å²) in [5, 5.41) is 22.1. The van der Waals surface area contributed by atoms with Crippen LogP contribution in [0.3, 0.4) is 0 Å². The van der Waals surface area contributed by atoms with Crippen molar-refractivity contribution >= 4 is 17.1 Å². The number of aliphatic hydroxyl groups excluding tert-OH is 1. The highest BCUT2D eigenvalue weighted by molar-refractivity contribution is 5.77. The molecule has 0 saturated heterocycles. The molecule has 15 heavy (non-hydrogen) atoms. The Bertz CT molecular complexity index is 379. The number of benzene rings is 1. The monoisotopic (exact) mass is 211 g/mol. The summed E-state index contributed by atoms with van der Waals surface area (Å²) >= 11 is 0. The number of nitrogen functional groups attached to an aromatic ring is 1. The molecule has 0 amide bonds. The maximum atomic E-state index is 10.7. The second-order valence-electron chi connectivity index (χ2n) is 3.16. The Balaban J connectivity index is 3.15. The van der Waals surface area contributed by atoms with Crippen LogP contribution in [0, 0.1) is 17.0 Å². The first kappa shape index (κ1) is 11.3. The normalized spacial score (nSPS) is 10.0. The molecule has 1 rings (SSSR count).